The monoisotopic (exact) mass is 246 g/mol. The zero-order valence-corrected chi connectivity index (χ0v) is 11.1. The number of ether oxygens (including phenoxy) is 2. The van der Waals surface area contributed by atoms with E-state index in [1.807, 2.05) is 0 Å². The van der Waals surface area contributed by atoms with E-state index < -0.39 is 0 Å². The predicted octanol–water partition coefficient (Wildman–Crippen LogP) is 3.37. The molecule has 0 amide bonds. The molecule has 0 aromatic carbocycles. The van der Waals surface area contributed by atoms with E-state index in [1.165, 1.54) is 32.1 Å². The van der Waals surface area contributed by atoms with Gasteiger partial charge >= 0.3 is 0 Å². The van der Waals surface area contributed by atoms with E-state index in [2.05, 4.69) is 6.92 Å². The maximum Gasteiger partial charge on any atom is 0.0997 e. The van der Waals surface area contributed by atoms with Crippen molar-refractivity contribution >= 4 is 11.6 Å². The molecule has 3 heteroatoms. The SMILES string of the molecule is CCC1CCCCC1OC1CC(Cl)C1OC. The van der Waals surface area contributed by atoms with Crippen LogP contribution in [0.5, 0.6) is 0 Å². The number of rotatable bonds is 4. The third-order valence-corrected chi connectivity index (χ3v) is 4.59. The second-order valence-electron chi connectivity index (χ2n) is 5.12. The van der Waals surface area contributed by atoms with Gasteiger partial charge < -0.3 is 9.47 Å². The normalized spacial score (nSPS) is 44.1. The van der Waals surface area contributed by atoms with E-state index in [4.69, 9.17) is 21.1 Å². The number of hydrogen-bond acceptors (Lipinski definition) is 2. The molecule has 2 rings (SSSR count). The summed E-state index contributed by atoms with van der Waals surface area (Å²) in [5, 5.41) is 0.152. The minimum atomic E-state index is 0.112. The number of alkyl halides is 1. The Bertz CT molecular complexity index is 222. The number of methoxy groups -OCH3 is 1. The average molecular weight is 247 g/mol. The van der Waals surface area contributed by atoms with Gasteiger partial charge in [0.2, 0.25) is 0 Å². The van der Waals surface area contributed by atoms with Gasteiger partial charge in [-0.05, 0) is 25.2 Å². The quantitative estimate of drug-likeness (QED) is 0.709. The van der Waals surface area contributed by atoms with Crippen molar-refractivity contribution in [1.29, 1.82) is 0 Å². The lowest BCUT2D eigenvalue weighted by atomic mass is 9.83. The average Bonchev–Trinajstić information content (AvgIpc) is 2.29. The summed E-state index contributed by atoms with van der Waals surface area (Å²) in [6.07, 6.45) is 8.22. The molecular formula is C13H23ClO2. The van der Waals surface area contributed by atoms with Crippen LogP contribution in [-0.4, -0.2) is 30.8 Å². The van der Waals surface area contributed by atoms with Crippen molar-refractivity contribution in [3.63, 3.8) is 0 Å². The van der Waals surface area contributed by atoms with Gasteiger partial charge in [0.15, 0.2) is 0 Å². The Morgan fingerprint density at radius 2 is 1.94 bits per heavy atom. The molecule has 2 nitrogen and oxygen atoms in total. The summed E-state index contributed by atoms with van der Waals surface area (Å²) in [7, 11) is 1.73. The molecule has 0 aliphatic heterocycles. The van der Waals surface area contributed by atoms with Crippen LogP contribution in [0.3, 0.4) is 0 Å². The molecule has 2 aliphatic rings. The van der Waals surface area contributed by atoms with Crippen LogP contribution in [0.15, 0.2) is 0 Å². The van der Waals surface area contributed by atoms with Gasteiger partial charge in [0.25, 0.3) is 0 Å². The van der Waals surface area contributed by atoms with E-state index in [0.717, 1.165) is 12.3 Å². The molecule has 0 aromatic heterocycles. The van der Waals surface area contributed by atoms with Crippen molar-refractivity contribution in [2.45, 2.75) is 69.1 Å². The molecule has 2 fully saturated rings. The van der Waals surface area contributed by atoms with E-state index in [9.17, 15) is 0 Å². The fourth-order valence-electron chi connectivity index (χ4n) is 3.00. The molecule has 0 spiro atoms. The van der Waals surface area contributed by atoms with Crippen LogP contribution < -0.4 is 0 Å². The summed E-state index contributed by atoms with van der Waals surface area (Å²) in [6.45, 7) is 2.27. The smallest absolute Gasteiger partial charge is 0.0997 e. The van der Waals surface area contributed by atoms with Crippen molar-refractivity contribution in [2.75, 3.05) is 7.11 Å². The molecule has 0 radical (unpaired) electrons. The molecule has 0 bridgehead atoms. The van der Waals surface area contributed by atoms with Gasteiger partial charge in [-0.2, -0.15) is 0 Å². The Kier molecular flexibility index (Phi) is 4.51. The largest absolute Gasteiger partial charge is 0.377 e. The summed E-state index contributed by atoms with van der Waals surface area (Å²) < 4.78 is 11.6. The van der Waals surface area contributed by atoms with Crippen molar-refractivity contribution in [1.82, 2.24) is 0 Å². The minimum absolute atomic E-state index is 0.112. The van der Waals surface area contributed by atoms with Crippen LogP contribution in [0, 0.1) is 5.92 Å². The van der Waals surface area contributed by atoms with Crippen LogP contribution in [0.25, 0.3) is 0 Å². The molecule has 5 atom stereocenters. The summed E-state index contributed by atoms with van der Waals surface area (Å²) >= 11 is 6.09. The molecule has 0 heterocycles. The van der Waals surface area contributed by atoms with Crippen LogP contribution in [0.2, 0.25) is 0 Å². The van der Waals surface area contributed by atoms with Gasteiger partial charge in [0.1, 0.15) is 0 Å². The lowest BCUT2D eigenvalue weighted by Crippen LogP contribution is -2.52. The van der Waals surface area contributed by atoms with Crippen LogP contribution in [0.4, 0.5) is 0 Å². The van der Waals surface area contributed by atoms with Gasteiger partial charge in [-0.15, -0.1) is 11.6 Å². The van der Waals surface area contributed by atoms with Crippen LogP contribution >= 0.6 is 11.6 Å². The van der Waals surface area contributed by atoms with E-state index in [1.54, 1.807) is 7.11 Å². The van der Waals surface area contributed by atoms with Crippen LogP contribution in [-0.2, 0) is 9.47 Å². The van der Waals surface area contributed by atoms with Crippen molar-refractivity contribution in [3.05, 3.63) is 0 Å². The van der Waals surface area contributed by atoms with Gasteiger partial charge in [-0.3, -0.25) is 0 Å². The minimum Gasteiger partial charge on any atom is -0.377 e. The Hall–Kier alpha value is 0.210. The van der Waals surface area contributed by atoms with Gasteiger partial charge in [0.05, 0.1) is 23.7 Å². The maximum absolute atomic E-state index is 6.20. The van der Waals surface area contributed by atoms with Gasteiger partial charge in [-0.25, -0.2) is 0 Å². The Morgan fingerprint density at radius 3 is 2.56 bits per heavy atom. The van der Waals surface area contributed by atoms with Crippen LogP contribution in [0.1, 0.15) is 45.4 Å². The lowest BCUT2D eigenvalue weighted by molar-refractivity contribution is -0.156. The summed E-state index contributed by atoms with van der Waals surface area (Å²) in [5.41, 5.74) is 0. The third-order valence-electron chi connectivity index (χ3n) is 4.17. The first kappa shape index (κ1) is 12.7. The highest BCUT2D eigenvalue weighted by Crippen LogP contribution is 2.36. The van der Waals surface area contributed by atoms with Gasteiger partial charge in [-0.1, -0.05) is 26.2 Å². The Morgan fingerprint density at radius 1 is 1.19 bits per heavy atom. The van der Waals surface area contributed by atoms with Crippen molar-refractivity contribution in [3.8, 4) is 0 Å². The molecule has 2 aliphatic carbocycles. The zero-order chi connectivity index (χ0) is 11.5. The number of hydrogen-bond donors (Lipinski definition) is 0. The standard InChI is InChI=1S/C13H23ClO2/c1-3-9-6-4-5-7-11(9)16-12-8-10(14)13(12)15-2/h9-13H,3-8H2,1-2H3. The fourth-order valence-corrected chi connectivity index (χ4v) is 3.44. The van der Waals surface area contributed by atoms with Crippen molar-refractivity contribution < 1.29 is 9.47 Å². The summed E-state index contributed by atoms with van der Waals surface area (Å²) in [6, 6.07) is 0. The molecule has 0 saturated heterocycles. The highest BCUT2D eigenvalue weighted by molar-refractivity contribution is 6.21. The molecule has 2 saturated carbocycles. The molecular weight excluding hydrogens is 224 g/mol. The second-order valence-corrected chi connectivity index (χ2v) is 5.68. The molecule has 94 valence electrons. The molecule has 0 aromatic rings. The first-order chi connectivity index (χ1) is 7.76. The maximum atomic E-state index is 6.20. The number of halogens is 1. The summed E-state index contributed by atoms with van der Waals surface area (Å²) in [4.78, 5) is 0. The van der Waals surface area contributed by atoms with E-state index in [-0.39, 0.29) is 17.6 Å². The topological polar surface area (TPSA) is 18.5 Å². The van der Waals surface area contributed by atoms with E-state index >= 15 is 0 Å². The Balaban J connectivity index is 1.83. The zero-order valence-electron chi connectivity index (χ0n) is 10.3. The second kappa shape index (κ2) is 5.70. The van der Waals surface area contributed by atoms with Gasteiger partial charge in [0, 0.05) is 7.11 Å². The highest BCUT2D eigenvalue weighted by atomic mass is 35.5. The van der Waals surface area contributed by atoms with E-state index in [0.29, 0.717) is 6.10 Å². The fraction of sp³-hybridized carbons (Fsp3) is 1.00. The lowest BCUT2D eigenvalue weighted by Gasteiger charge is -2.44. The predicted molar refractivity (Wildman–Crippen MR) is 66.0 cm³/mol. The third kappa shape index (κ3) is 2.55. The highest BCUT2D eigenvalue weighted by Gasteiger charge is 2.43. The van der Waals surface area contributed by atoms with Crippen molar-refractivity contribution in [2.24, 2.45) is 5.92 Å². The molecule has 5 unspecified atom stereocenters. The Labute approximate surface area is 104 Å². The first-order valence-corrected chi connectivity index (χ1v) is 7.02. The first-order valence-electron chi connectivity index (χ1n) is 6.58. The molecule has 0 N–H and O–H groups in total. The summed E-state index contributed by atoms with van der Waals surface area (Å²) in [5.74, 6) is 0.751. The molecule has 16 heavy (non-hydrogen) atoms.